The van der Waals surface area contributed by atoms with Gasteiger partial charge >= 0.3 is 5.97 Å². The smallest absolute Gasteiger partial charge is 0.305 e. The third-order valence-electron chi connectivity index (χ3n) is 4.15. The molecule has 1 unspecified atom stereocenters. The van der Waals surface area contributed by atoms with E-state index in [4.69, 9.17) is 5.11 Å². The van der Waals surface area contributed by atoms with Crippen LogP contribution in [0.3, 0.4) is 0 Å². The Morgan fingerprint density at radius 2 is 1.86 bits per heavy atom. The third kappa shape index (κ3) is 3.64. The zero-order chi connectivity index (χ0) is 15.5. The molecule has 1 fully saturated rings. The van der Waals surface area contributed by atoms with Crippen LogP contribution < -0.4 is 5.32 Å². The zero-order valence-electron chi connectivity index (χ0n) is 12.1. The number of carbonyl (C=O) groups excluding carboxylic acids is 1. The Hall–Kier alpha value is -1.36. The number of nitrogens with one attached hydrogen (secondary N) is 1. The van der Waals surface area contributed by atoms with Crippen molar-refractivity contribution >= 4 is 27.8 Å². The van der Waals surface area contributed by atoms with Crippen LogP contribution in [0.5, 0.6) is 0 Å². The van der Waals surface area contributed by atoms with Gasteiger partial charge in [0.1, 0.15) is 0 Å². The van der Waals surface area contributed by atoms with E-state index in [9.17, 15) is 9.59 Å². The van der Waals surface area contributed by atoms with Crippen molar-refractivity contribution in [3.05, 3.63) is 34.3 Å². The Morgan fingerprint density at radius 3 is 2.38 bits per heavy atom. The number of amides is 1. The second-order valence-corrected chi connectivity index (χ2v) is 6.68. The van der Waals surface area contributed by atoms with Gasteiger partial charge in [-0.15, -0.1) is 0 Å². The minimum atomic E-state index is -0.896. The van der Waals surface area contributed by atoms with Gasteiger partial charge < -0.3 is 10.4 Å². The summed E-state index contributed by atoms with van der Waals surface area (Å²) < 4.78 is 0.985. The fourth-order valence-electron chi connectivity index (χ4n) is 3.07. The summed E-state index contributed by atoms with van der Waals surface area (Å²) in [5.74, 6) is -0.942. The van der Waals surface area contributed by atoms with E-state index >= 15 is 0 Å². The molecule has 1 atom stereocenters. The maximum absolute atomic E-state index is 12.7. The van der Waals surface area contributed by atoms with Gasteiger partial charge in [-0.05, 0) is 37.5 Å². The number of carbonyl (C=O) groups is 2. The summed E-state index contributed by atoms with van der Waals surface area (Å²) in [5, 5.41) is 11.7. The van der Waals surface area contributed by atoms with Gasteiger partial charge in [0.2, 0.25) is 5.91 Å². The quantitative estimate of drug-likeness (QED) is 0.853. The molecule has 1 saturated carbocycles. The number of carboxylic acid groups (broad SMARTS) is 1. The minimum Gasteiger partial charge on any atom is -0.481 e. The molecule has 1 aliphatic rings. The van der Waals surface area contributed by atoms with Gasteiger partial charge in [0, 0.05) is 10.5 Å². The molecule has 2 rings (SSSR count). The Bertz CT molecular complexity index is 521. The first-order valence-electron chi connectivity index (χ1n) is 7.23. The van der Waals surface area contributed by atoms with Crippen LogP contribution in [0.2, 0.25) is 0 Å². The summed E-state index contributed by atoms with van der Waals surface area (Å²) >= 11 is 3.41. The van der Waals surface area contributed by atoms with Crippen LogP contribution >= 0.6 is 15.9 Å². The molecular weight excluding hydrogens is 334 g/mol. The van der Waals surface area contributed by atoms with Crippen molar-refractivity contribution in [3.63, 3.8) is 0 Å². The van der Waals surface area contributed by atoms with Crippen molar-refractivity contribution in [1.29, 1.82) is 0 Å². The summed E-state index contributed by atoms with van der Waals surface area (Å²) in [6.45, 7) is 1.73. The highest BCUT2D eigenvalue weighted by molar-refractivity contribution is 9.10. The molecule has 0 saturated heterocycles. The SMILES string of the molecule is CC(CC(=O)O)NC(=O)C1(c2ccc(Br)cc2)CCCC1. The summed E-state index contributed by atoms with van der Waals surface area (Å²) in [6.07, 6.45) is 3.64. The van der Waals surface area contributed by atoms with Crippen LogP contribution in [0.1, 0.15) is 44.6 Å². The van der Waals surface area contributed by atoms with E-state index in [0.717, 1.165) is 35.7 Å². The molecule has 0 aromatic heterocycles. The molecule has 0 radical (unpaired) electrons. The monoisotopic (exact) mass is 353 g/mol. The molecule has 0 spiro atoms. The van der Waals surface area contributed by atoms with Crippen molar-refractivity contribution in [2.75, 3.05) is 0 Å². The van der Waals surface area contributed by atoms with Gasteiger partial charge in [0.25, 0.3) is 0 Å². The van der Waals surface area contributed by atoms with Crippen molar-refractivity contribution in [1.82, 2.24) is 5.32 Å². The van der Waals surface area contributed by atoms with Crippen LogP contribution in [0, 0.1) is 0 Å². The highest BCUT2D eigenvalue weighted by atomic mass is 79.9. The number of halogens is 1. The molecular formula is C16H20BrNO3. The van der Waals surface area contributed by atoms with Gasteiger partial charge in [-0.2, -0.15) is 0 Å². The third-order valence-corrected chi connectivity index (χ3v) is 4.68. The standard InChI is InChI=1S/C16H20BrNO3/c1-11(10-14(19)20)18-15(21)16(8-2-3-9-16)12-4-6-13(17)7-5-12/h4-7,11H,2-3,8-10H2,1H3,(H,18,21)(H,19,20). The van der Waals surface area contributed by atoms with Gasteiger partial charge in [-0.25, -0.2) is 0 Å². The van der Waals surface area contributed by atoms with Gasteiger partial charge in [0.05, 0.1) is 11.8 Å². The van der Waals surface area contributed by atoms with E-state index < -0.39 is 11.4 Å². The number of carboxylic acids is 1. The van der Waals surface area contributed by atoms with Crippen LogP contribution in [0.4, 0.5) is 0 Å². The lowest BCUT2D eigenvalue weighted by Crippen LogP contribution is -2.46. The van der Waals surface area contributed by atoms with E-state index in [2.05, 4.69) is 21.2 Å². The summed E-state index contributed by atoms with van der Waals surface area (Å²) in [6, 6.07) is 7.50. The van der Waals surface area contributed by atoms with Crippen LogP contribution in [0.25, 0.3) is 0 Å². The molecule has 114 valence electrons. The Balaban J connectivity index is 2.19. The molecule has 5 heteroatoms. The first kappa shape index (κ1) is 16.0. The highest BCUT2D eigenvalue weighted by Crippen LogP contribution is 2.41. The molecule has 4 nitrogen and oxygen atoms in total. The highest BCUT2D eigenvalue weighted by Gasteiger charge is 2.42. The summed E-state index contributed by atoms with van der Waals surface area (Å²) in [5.41, 5.74) is 0.510. The molecule has 0 heterocycles. The molecule has 1 aliphatic carbocycles. The Labute approximate surface area is 133 Å². The molecule has 21 heavy (non-hydrogen) atoms. The first-order valence-corrected chi connectivity index (χ1v) is 8.02. The molecule has 0 bridgehead atoms. The fourth-order valence-corrected chi connectivity index (χ4v) is 3.33. The van der Waals surface area contributed by atoms with Crippen LogP contribution in [0.15, 0.2) is 28.7 Å². The zero-order valence-corrected chi connectivity index (χ0v) is 13.6. The van der Waals surface area contributed by atoms with Crippen molar-refractivity contribution in [2.24, 2.45) is 0 Å². The number of hydrogen-bond acceptors (Lipinski definition) is 2. The summed E-state index contributed by atoms with van der Waals surface area (Å²) in [7, 11) is 0. The fraction of sp³-hybridized carbons (Fsp3) is 0.500. The topological polar surface area (TPSA) is 66.4 Å². The van der Waals surface area contributed by atoms with Gasteiger partial charge in [0.15, 0.2) is 0 Å². The predicted octanol–water partition coefficient (Wildman–Crippen LogP) is 3.24. The van der Waals surface area contributed by atoms with Crippen molar-refractivity contribution in [2.45, 2.75) is 50.5 Å². The Morgan fingerprint density at radius 1 is 1.29 bits per heavy atom. The van der Waals surface area contributed by atoms with Crippen LogP contribution in [-0.2, 0) is 15.0 Å². The van der Waals surface area contributed by atoms with Crippen molar-refractivity contribution in [3.8, 4) is 0 Å². The van der Waals surface area contributed by atoms with E-state index in [0.29, 0.717) is 0 Å². The van der Waals surface area contributed by atoms with Crippen LogP contribution in [-0.4, -0.2) is 23.0 Å². The first-order chi connectivity index (χ1) is 9.94. The largest absolute Gasteiger partial charge is 0.481 e. The van der Waals surface area contributed by atoms with E-state index in [1.807, 2.05) is 24.3 Å². The maximum atomic E-state index is 12.7. The molecule has 0 aliphatic heterocycles. The number of rotatable bonds is 5. The lowest BCUT2D eigenvalue weighted by atomic mass is 9.78. The normalized spacial score (nSPS) is 18.2. The molecule has 1 aromatic carbocycles. The second kappa shape index (κ2) is 6.60. The average molecular weight is 354 g/mol. The average Bonchev–Trinajstić information content (AvgIpc) is 2.89. The van der Waals surface area contributed by atoms with E-state index in [1.165, 1.54) is 0 Å². The van der Waals surface area contributed by atoms with Gasteiger partial charge in [-0.3, -0.25) is 9.59 Å². The number of aliphatic carboxylic acids is 1. The lowest BCUT2D eigenvalue weighted by molar-refractivity contribution is -0.137. The predicted molar refractivity (Wildman–Crippen MR) is 84.1 cm³/mol. The second-order valence-electron chi connectivity index (χ2n) is 5.77. The van der Waals surface area contributed by atoms with E-state index in [-0.39, 0.29) is 18.4 Å². The Kier molecular flexibility index (Phi) is 5.04. The number of benzene rings is 1. The van der Waals surface area contributed by atoms with Crippen molar-refractivity contribution < 1.29 is 14.7 Å². The maximum Gasteiger partial charge on any atom is 0.305 e. The van der Waals surface area contributed by atoms with E-state index in [1.54, 1.807) is 6.92 Å². The summed E-state index contributed by atoms with van der Waals surface area (Å²) in [4.78, 5) is 23.5. The lowest BCUT2D eigenvalue weighted by Gasteiger charge is -2.30. The molecule has 1 aromatic rings. The number of hydrogen-bond donors (Lipinski definition) is 2. The minimum absolute atomic E-state index is 0.0453. The van der Waals surface area contributed by atoms with Gasteiger partial charge in [-0.1, -0.05) is 40.9 Å². The molecule has 2 N–H and O–H groups in total. The molecule has 1 amide bonds.